The molecular weight excluding hydrogens is 264 g/mol. The van der Waals surface area contributed by atoms with Crippen LogP contribution in [0.3, 0.4) is 0 Å². The van der Waals surface area contributed by atoms with Crippen LogP contribution in [-0.4, -0.2) is 38.2 Å². The summed E-state index contributed by atoms with van der Waals surface area (Å²) in [6.07, 6.45) is 1.99. The Morgan fingerprint density at radius 3 is 2.47 bits per heavy atom. The van der Waals surface area contributed by atoms with Gasteiger partial charge < -0.3 is 20.5 Å². The molecule has 0 bridgehead atoms. The van der Waals surface area contributed by atoms with Gasteiger partial charge in [-0.3, -0.25) is 4.79 Å². The van der Waals surface area contributed by atoms with Crippen LogP contribution < -0.4 is 20.5 Å². The Labute approximate surface area is 117 Å². The van der Waals surface area contributed by atoms with Gasteiger partial charge in [0.1, 0.15) is 0 Å². The molecular formula is C13H20N2O3S. The van der Waals surface area contributed by atoms with Crippen LogP contribution in [0.25, 0.3) is 0 Å². The molecule has 0 saturated carbocycles. The topological polar surface area (TPSA) is 73.6 Å². The van der Waals surface area contributed by atoms with Crippen LogP contribution in [0.2, 0.25) is 0 Å². The van der Waals surface area contributed by atoms with Gasteiger partial charge in [-0.1, -0.05) is 0 Å². The summed E-state index contributed by atoms with van der Waals surface area (Å²) in [5.41, 5.74) is 6.63. The largest absolute Gasteiger partial charge is 0.493 e. The zero-order valence-electron chi connectivity index (χ0n) is 11.6. The van der Waals surface area contributed by atoms with Crippen molar-refractivity contribution in [1.82, 2.24) is 5.32 Å². The predicted octanol–water partition coefficient (Wildman–Crippen LogP) is 1.77. The maximum atomic E-state index is 12.1. The first-order chi connectivity index (χ1) is 9.03. The van der Waals surface area contributed by atoms with Gasteiger partial charge in [0.05, 0.1) is 19.8 Å². The van der Waals surface area contributed by atoms with E-state index in [0.29, 0.717) is 22.7 Å². The molecule has 19 heavy (non-hydrogen) atoms. The molecule has 0 saturated heterocycles. The molecule has 3 N–H and O–H groups in total. The van der Waals surface area contributed by atoms with Crippen molar-refractivity contribution in [3.05, 3.63) is 17.7 Å². The lowest BCUT2D eigenvalue weighted by molar-refractivity contribution is 0.0944. The molecule has 5 nitrogen and oxygen atoms in total. The molecule has 1 atom stereocenters. The Hall–Kier alpha value is -1.56. The van der Waals surface area contributed by atoms with Crippen LogP contribution in [-0.2, 0) is 0 Å². The van der Waals surface area contributed by atoms with Gasteiger partial charge in [-0.05, 0) is 19.2 Å². The molecule has 1 unspecified atom stereocenters. The number of rotatable bonds is 6. The second kappa shape index (κ2) is 7.13. The number of nitrogen functional groups attached to an aromatic ring is 1. The summed E-state index contributed by atoms with van der Waals surface area (Å²) >= 11 is 1.67. The summed E-state index contributed by atoms with van der Waals surface area (Å²) in [5.74, 6) is 1.63. The fraction of sp³-hybridized carbons (Fsp3) is 0.462. The zero-order chi connectivity index (χ0) is 14.4. The van der Waals surface area contributed by atoms with Crippen molar-refractivity contribution in [3.8, 4) is 11.5 Å². The third-order valence-corrected chi connectivity index (χ3v) is 3.43. The number of carbonyl (C=O) groups excluding carboxylic acids is 1. The Bertz CT molecular complexity index is 452. The highest BCUT2D eigenvalue weighted by Gasteiger charge is 2.16. The molecule has 0 aliphatic carbocycles. The maximum absolute atomic E-state index is 12.1. The Morgan fingerprint density at radius 2 is 1.95 bits per heavy atom. The first-order valence-electron chi connectivity index (χ1n) is 5.84. The van der Waals surface area contributed by atoms with E-state index in [1.165, 1.54) is 14.2 Å². The van der Waals surface area contributed by atoms with Gasteiger partial charge in [-0.15, -0.1) is 0 Å². The van der Waals surface area contributed by atoms with E-state index in [1.54, 1.807) is 23.9 Å². The molecule has 1 rings (SSSR count). The number of hydrogen-bond acceptors (Lipinski definition) is 5. The van der Waals surface area contributed by atoms with E-state index in [9.17, 15) is 4.79 Å². The Kier molecular flexibility index (Phi) is 5.82. The maximum Gasteiger partial charge on any atom is 0.253 e. The molecule has 1 amide bonds. The van der Waals surface area contributed by atoms with Crippen LogP contribution in [0.5, 0.6) is 11.5 Å². The minimum absolute atomic E-state index is 0.0787. The molecule has 0 spiro atoms. The minimum Gasteiger partial charge on any atom is -0.493 e. The van der Waals surface area contributed by atoms with Crippen molar-refractivity contribution in [2.45, 2.75) is 13.0 Å². The van der Waals surface area contributed by atoms with E-state index >= 15 is 0 Å². The highest BCUT2D eigenvalue weighted by atomic mass is 32.2. The van der Waals surface area contributed by atoms with E-state index in [-0.39, 0.29) is 11.9 Å². The van der Waals surface area contributed by atoms with Crippen LogP contribution >= 0.6 is 11.8 Å². The van der Waals surface area contributed by atoms with Gasteiger partial charge in [0.2, 0.25) is 0 Å². The third-order valence-electron chi connectivity index (χ3n) is 2.59. The number of nitrogens with two attached hydrogens (primary N) is 1. The second-order valence-electron chi connectivity index (χ2n) is 4.12. The lowest BCUT2D eigenvalue weighted by atomic mass is 10.1. The van der Waals surface area contributed by atoms with Crippen LogP contribution in [0.15, 0.2) is 12.1 Å². The summed E-state index contributed by atoms with van der Waals surface area (Å²) in [4.78, 5) is 12.1. The van der Waals surface area contributed by atoms with Gasteiger partial charge in [-0.2, -0.15) is 11.8 Å². The average Bonchev–Trinajstić information content (AvgIpc) is 2.38. The molecule has 1 aromatic carbocycles. The highest BCUT2D eigenvalue weighted by Crippen LogP contribution is 2.31. The fourth-order valence-corrected chi connectivity index (χ4v) is 2.27. The standard InChI is InChI=1S/C13H20N2O3S/c1-8(7-19-4)15-13(16)9-5-11(17-2)12(18-3)6-10(9)14/h5-6,8H,7,14H2,1-4H3,(H,15,16). The molecule has 0 radical (unpaired) electrons. The summed E-state index contributed by atoms with van der Waals surface area (Å²) in [5, 5.41) is 2.89. The number of carbonyl (C=O) groups is 1. The first kappa shape index (κ1) is 15.5. The quantitative estimate of drug-likeness (QED) is 0.779. The summed E-state index contributed by atoms with van der Waals surface area (Å²) in [6.45, 7) is 1.95. The number of hydrogen-bond donors (Lipinski definition) is 2. The van der Waals surface area contributed by atoms with E-state index in [0.717, 1.165) is 5.75 Å². The molecule has 6 heteroatoms. The molecule has 106 valence electrons. The number of amides is 1. The highest BCUT2D eigenvalue weighted by molar-refractivity contribution is 7.98. The van der Waals surface area contributed by atoms with E-state index in [4.69, 9.17) is 15.2 Å². The van der Waals surface area contributed by atoms with E-state index < -0.39 is 0 Å². The van der Waals surface area contributed by atoms with Crippen LogP contribution in [0.4, 0.5) is 5.69 Å². The van der Waals surface area contributed by atoms with Gasteiger partial charge in [-0.25, -0.2) is 0 Å². The number of benzene rings is 1. The molecule has 1 aromatic rings. The molecule has 0 fully saturated rings. The number of methoxy groups -OCH3 is 2. The Morgan fingerprint density at radius 1 is 1.37 bits per heavy atom. The summed E-state index contributed by atoms with van der Waals surface area (Å²) in [6, 6.07) is 3.26. The number of nitrogens with one attached hydrogen (secondary N) is 1. The fourth-order valence-electron chi connectivity index (χ4n) is 1.68. The molecule has 0 aliphatic heterocycles. The minimum atomic E-state index is -0.208. The van der Waals surface area contributed by atoms with E-state index in [1.807, 2.05) is 13.2 Å². The number of ether oxygens (including phenoxy) is 2. The van der Waals surface area contributed by atoms with Gasteiger partial charge in [0.15, 0.2) is 11.5 Å². The third kappa shape index (κ3) is 3.96. The monoisotopic (exact) mass is 284 g/mol. The van der Waals surface area contributed by atoms with Gasteiger partial charge in [0, 0.05) is 23.5 Å². The van der Waals surface area contributed by atoms with Gasteiger partial charge in [0.25, 0.3) is 5.91 Å². The summed E-state index contributed by atoms with van der Waals surface area (Å²) < 4.78 is 10.3. The van der Waals surface area contributed by atoms with Crippen molar-refractivity contribution in [1.29, 1.82) is 0 Å². The first-order valence-corrected chi connectivity index (χ1v) is 7.24. The molecule has 0 heterocycles. The number of anilines is 1. The van der Waals surface area contributed by atoms with Crippen molar-refractivity contribution >= 4 is 23.4 Å². The SMILES string of the molecule is COc1cc(N)c(C(=O)NC(C)CSC)cc1OC. The number of thioether (sulfide) groups is 1. The second-order valence-corrected chi connectivity index (χ2v) is 5.03. The van der Waals surface area contributed by atoms with Gasteiger partial charge >= 0.3 is 0 Å². The molecule has 0 aliphatic rings. The summed E-state index contributed by atoms with van der Waals surface area (Å²) in [7, 11) is 3.05. The lowest BCUT2D eigenvalue weighted by Gasteiger charge is -2.15. The van der Waals surface area contributed by atoms with Crippen LogP contribution in [0.1, 0.15) is 17.3 Å². The smallest absolute Gasteiger partial charge is 0.253 e. The predicted molar refractivity (Wildman–Crippen MR) is 79.3 cm³/mol. The van der Waals surface area contributed by atoms with Crippen molar-refractivity contribution in [2.24, 2.45) is 0 Å². The van der Waals surface area contributed by atoms with Crippen molar-refractivity contribution in [3.63, 3.8) is 0 Å². The average molecular weight is 284 g/mol. The van der Waals surface area contributed by atoms with E-state index in [2.05, 4.69) is 5.32 Å². The zero-order valence-corrected chi connectivity index (χ0v) is 12.5. The van der Waals surface area contributed by atoms with Crippen molar-refractivity contribution in [2.75, 3.05) is 32.0 Å². The molecule has 0 aromatic heterocycles. The normalized spacial score (nSPS) is 11.8. The Balaban J connectivity index is 2.96. The van der Waals surface area contributed by atoms with Crippen LogP contribution in [0, 0.1) is 0 Å². The lowest BCUT2D eigenvalue weighted by Crippen LogP contribution is -2.34. The van der Waals surface area contributed by atoms with Crippen molar-refractivity contribution < 1.29 is 14.3 Å².